The Morgan fingerprint density at radius 1 is 1.21 bits per heavy atom. The van der Waals surface area contributed by atoms with Gasteiger partial charge in [0.2, 0.25) is 0 Å². The third kappa shape index (κ3) is 3.68. The monoisotopic (exact) mass is 394 g/mol. The van der Waals surface area contributed by atoms with E-state index in [1.807, 2.05) is 41.3 Å². The van der Waals surface area contributed by atoms with Crippen LogP contribution in [0.4, 0.5) is 0 Å². The first-order valence-electron chi connectivity index (χ1n) is 10.3. The minimum Gasteiger partial charge on any atom is -0.375 e. The van der Waals surface area contributed by atoms with Crippen LogP contribution in [0.1, 0.15) is 40.0 Å². The van der Waals surface area contributed by atoms with Crippen LogP contribution in [0.2, 0.25) is 0 Å². The van der Waals surface area contributed by atoms with E-state index in [1.165, 1.54) is 5.56 Å². The quantitative estimate of drug-likeness (QED) is 0.705. The van der Waals surface area contributed by atoms with E-state index in [0.717, 1.165) is 36.3 Å². The van der Waals surface area contributed by atoms with Crippen LogP contribution in [0, 0.1) is 5.92 Å². The Morgan fingerprint density at radius 3 is 2.97 bits per heavy atom. The second kappa shape index (κ2) is 7.86. The highest BCUT2D eigenvalue weighted by Crippen LogP contribution is 2.42. The van der Waals surface area contributed by atoms with Crippen molar-refractivity contribution in [3.05, 3.63) is 65.0 Å². The minimum absolute atomic E-state index is 0.0889. The molecule has 6 heteroatoms. The normalized spacial score (nSPS) is 21.9. The second-order valence-corrected chi connectivity index (χ2v) is 8.20. The van der Waals surface area contributed by atoms with Crippen LogP contribution in [-0.4, -0.2) is 47.7 Å². The number of nitrogens with zero attached hydrogens (tertiary/aromatic N) is 2. The number of pyridine rings is 1. The summed E-state index contributed by atoms with van der Waals surface area (Å²) >= 11 is 0. The first-order chi connectivity index (χ1) is 14.2. The molecule has 1 spiro atoms. The smallest absolute Gasteiger partial charge is 0.254 e. The largest absolute Gasteiger partial charge is 0.375 e. The van der Waals surface area contributed by atoms with Gasteiger partial charge < -0.3 is 19.1 Å². The molecule has 4 heterocycles. The second-order valence-electron chi connectivity index (χ2n) is 8.20. The number of carbonyl (C=O) groups is 1. The summed E-state index contributed by atoms with van der Waals surface area (Å²) in [6.07, 6.45) is 3.77. The fourth-order valence-electron chi connectivity index (χ4n) is 4.66. The lowest BCUT2D eigenvalue weighted by Crippen LogP contribution is -2.66. The molecule has 1 amide bonds. The molecule has 29 heavy (non-hydrogen) atoms. The van der Waals surface area contributed by atoms with Crippen molar-refractivity contribution in [3.63, 3.8) is 0 Å². The first kappa shape index (κ1) is 18.7. The zero-order valence-electron chi connectivity index (χ0n) is 16.5. The van der Waals surface area contributed by atoms with Crippen LogP contribution < -0.4 is 0 Å². The van der Waals surface area contributed by atoms with E-state index in [0.29, 0.717) is 45.4 Å². The fourth-order valence-corrected chi connectivity index (χ4v) is 4.66. The van der Waals surface area contributed by atoms with Crippen LogP contribution in [0.25, 0.3) is 0 Å². The summed E-state index contributed by atoms with van der Waals surface area (Å²) < 4.78 is 17.4. The van der Waals surface area contributed by atoms with E-state index in [1.54, 1.807) is 6.20 Å². The number of aromatic nitrogens is 1. The number of ether oxygens (including phenoxy) is 3. The van der Waals surface area contributed by atoms with Gasteiger partial charge in [0.1, 0.15) is 5.60 Å². The standard InChI is InChI=1S/C23H26N2O4/c26-22(17-4-5-18-12-28-13-19(18)11-17)25-15-23(16-25)20(7-10-29-23)6-9-27-14-21-3-1-2-8-24-21/h1-5,8,11,20H,6-7,9-10,12-16H2. The lowest BCUT2D eigenvalue weighted by Gasteiger charge is -2.50. The molecule has 5 rings (SSSR count). The van der Waals surface area contributed by atoms with Crippen LogP contribution >= 0.6 is 0 Å². The number of benzene rings is 1. The Kier molecular flexibility index (Phi) is 5.08. The third-order valence-corrected chi connectivity index (χ3v) is 6.36. The molecule has 1 atom stereocenters. The molecule has 0 saturated carbocycles. The highest BCUT2D eigenvalue weighted by atomic mass is 16.5. The van der Waals surface area contributed by atoms with Crippen LogP contribution in [0.15, 0.2) is 42.6 Å². The van der Waals surface area contributed by atoms with Gasteiger partial charge in [-0.15, -0.1) is 0 Å². The molecule has 2 fully saturated rings. The van der Waals surface area contributed by atoms with E-state index in [2.05, 4.69) is 4.98 Å². The highest BCUT2D eigenvalue weighted by Gasteiger charge is 2.54. The van der Waals surface area contributed by atoms with Gasteiger partial charge in [-0.25, -0.2) is 0 Å². The molecule has 6 nitrogen and oxygen atoms in total. The molecule has 3 aliphatic heterocycles. The van der Waals surface area contributed by atoms with E-state index < -0.39 is 0 Å². The van der Waals surface area contributed by atoms with Crippen molar-refractivity contribution < 1.29 is 19.0 Å². The minimum atomic E-state index is -0.191. The van der Waals surface area contributed by atoms with Gasteiger partial charge in [0.05, 0.1) is 38.6 Å². The van der Waals surface area contributed by atoms with Gasteiger partial charge in [-0.05, 0) is 54.2 Å². The van der Waals surface area contributed by atoms with Crippen molar-refractivity contribution in [2.75, 3.05) is 26.3 Å². The van der Waals surface area contributed by atoms with Crippen molar-refractivity contribution in [3.8, 4) is 0 Å². The number of amides is 1. The molecule has 0 aliphatic carbocycles. The fraction of sp³-hybridized carbons (Fsp3) is 0.478. The number of carbonyl (C=O) groups excluding carboxylic acids is 1. The molecule has 0 bridgehead atoms. The van der Waals surface area contributed by atoms with Crippen LogP contribution in [0.5, 0.6) is 0 Å². The summed E-state index contributed by atoms with van der Waals surface area (Å²) in [7, 11) is 0. The van der Waals surface area contributed by atoms with E-state index >= 15 is 0 Å². The molecule has 152 valence electrons. The average Bonchev–Trinajstić information content (AvgIpc) is 3.36. The summed E-state index contributed by atoms with van der Waals surface area (Å²) in [6, 6.07) is 11.8. The molecule has 1 aromatic carbocycles. The van der Waals surface area contributed by atoms with Crippen molar-refractivity contribution in [1.82, 2.24) is 9.88 Å². The van der Waals surface area contributed by atoms with Gasteiger partial charge in [-0.2, -0.15) is 0 Å². The van der Waals surface area contributed by atoms with E-state index in [-0.39, 0.29) is 11.5 Å². The lowest BCUT2D eigenvalue weighted by atomic mass is 9.79. The van der Waals surface area contributed by atoms with Gasteiger partial charge >= 0.3 is 0 Å². The number of likely N-dealkylation sites (tertiary alicyclic amines) is 1. The molecular weight excluding hydrogens is 368 g/mol. The number of hydrogen-bond acceptors (Lipinski definition) is 5. The van der Waals surface area contributed by atoms with Gasteiger partial charge in [0.25, 0.3) is 5.91 Å². The molecule has 2 saturated heterocycles. The van der Waals surface area contributed by atoms with Crippen molar-refractivity contribution in [2.24, 2.45) is 5.92 Å². The van der Waals surface area contributed by atoms with E-state index in [9.17, 15) is 4.79 Å². The Bertz CT molecular complexity index is 880. The summed E-state index contributed by atoms with van der Waals surface area (Å²) in [6.45, 7) is 4.58. The molecule has 3 aliphatic rings. The summed E-state index contributed by atoms with van der Waals surface area (Å²) in [4.78, 5) is 19.1. The van der Waals surface area contributed by atoms with Crippen LogP contribution in [0.3, 0.4) is 0 Å². The first-order valence-corrected chi connectivity index (χ1v) is 10.3. The van der Waals surface area contributed by atoms with Gasteiger partial charge in [0.15, 0.2) is 0 Å². The zero-order valence-corrected chi connectivity index (χ0v) is 16.5. The number of fused-ring (bicyclic) bond motifs is 1. The summed E-state index contributed by atoms with van der Waals surface area (Å²) in [5.74, 6) is 0.523. The Labute approximate surface area is 170 Å². The van der Waals surface area contributed by atoms with Crippen molar-refractivity contribution >= 4 is 5.91 Å². The maximum atomic E-state index is 12.9. The predicted molar refractivity (Wildman–Crippen MR) is 106 cm³/mol. The maximum absolute atomic E-state index is 12.9. The average molecular weight is 394 g/mol. The molecule has 1 unspecified atom stereocenters. The lowest BCUT2D eigenvalue weighted by molar-refractivity contribution is -0.120. The predicted octanol–water partition coefficient (Wildman–Crippen LogP) is 2.95. The molecule has 0 N–H and O–H groups in total. The topological polar surface area (TPSA) is 60.9 Å². The molecule has 1 aromatic heterocycles. The Hall–Kier alpha value is -2.28. The zero-order chi connectivity index (χ0) is 19.7. The van der Waals surface area contributed by atoms with E-state index in [4.69, 9.17) is 14.2 Å². The molecule has 2 aromatic rings. The number of rotatable bonds is 6. The van der Waals surface area contributed by atoms with Gasteiger partial charge in [0, 0.05) is 25.0 Å². The Morgan fingerprint density at radius 2 is 2.10 bits per heavy atom. The maximum Gasteiger partial charge on any atom is 0.254 e. The van der Waals surface area contributed by atoms with Gasteiger partial charge in [-0.3, -0.25) is 9.78 Å². The van der Waals surface area contributed by atoms with Crippen molar-refractivity contribution in [2.45, 2.75) is 38.3 Å². The number of hydrogen-bond donors (Lipinski definition) is 0. The Balaban J connectivity index is 1.13. The summed E-state index contributed by atoms with van der Waals surface area (Å²) in [5, 5.41) is 0. The third-order valence-electron chi connectivity index (χ3n) is 6.36. The summed E-state index contributed by atoms with van der Waals surface area (Å²) in [5.41, 5.74) is 3.82. The molecular formula is C23H26N2O4. The molecule has 0 radical (unpaired) electrons. The van der Waals surface area contributed by atoms with Gasteiger partial charge in [-0.1, -0.05) is 12.1 Å². The van der Waals surface area contributed by atoms with Crippen molar-refractivity contribution in [1.29, 1.82) is 0 Å². The van der Waals surface area contributed by atoms with Crippen LogP contribution in [-0.2, 0) is 34.0 Å². The SMILES string of the molecule is O=C(c1ccc2c(c1)COC2)N1CC2(C1)OCCC2CCOCc1ccccn1. The highest BCUT2D eigenvalue weighted by molar-refractivity contribution is 5.95.